The molecule has 2 N–H and O–H groups in total. The minimum atomic E-state index is -0.275. The van der Waals surface area contributed by atoms with Gasteiger partial charge in [0.15, 0.2) is 5.82 Å². The zero-order valence-electron chi connectivity index (χ0n) is 20.7. The highest BCUT2D eigenvalue weighted by Gasteiger charge is 2.28. The molecule has 0 spiro atoms. The minimum absolute atomic E-state index is 0.166. The number of para-hydroxylation sites is 1. The van der Waals surface area contributed by atoms with E-state index < -0.39 is 0 Å². The summed E-state index contributed by atoms with van der Waals surface area (Å²) < 4.78 is 1.05. The van der Waals surface area contributed by atoms with Gasteiger partial charge in [0.2, 0.25) is 0 Å². The van der Waals surface area contributed by atoms with E-state index in [1.165, 1.54) is 28.2 Å². The van der Waals surface area contributed by atoms with Crippen LogP contribution in [0, 0.1) is 0 Å². The standard InChI is InChI=1S/C29H25N5O2S2/c1-18-10-11-19-6-2-4-8-24(19)34(18)27-23(33-29(36)22-17-38-25-9-5-3-7-21(22)25)14-20(15-31-27)28(35)32-16-26-30-12-13-37-26/h2-9,12-15,17-18H,10-11,16H2,1H3,(H,32,35)(H,33,36). The number of carbonyl (C=O) groups excluding carboxylic acids is 2. The third-order valence-electron chi connectivity index (χ3n) is 6.74. The van der Waals surface area contributed by atoms with Gasteiger partial charge in [0.25, 0.3) is 11.8 Å². The molecule has 0 radical (unpaired) electrons. The molecule has 0 fully saturated rings. The van der Waals surface area contributed by atoms with Gasteiger partial charge in [-0.15, -0.1) is 22.7 Å². The molecule has 1 unspecified atom stereocenters. The van der Waals surface area contributed by atoms with Gasteiger partial charge in [0.05, 0.1) is 23.4 Å². The van der Waals surface area contributed by atoms with Crippen LogP contribution >= 0.6 is 22.7 Å². The van der Waals surface area contributed by atoms with Gasteiger partial charge in [-0.1, -0.05) is 36.4 Å². The van der Waals surface area contributed by atoms with E-state index in [0.717, 1.165) is 33.6 Å². The maximum absolute atomic E-state index is 13.6. The van der Waals surface area contributed by atoms with Gasteiger partial charge in [0.1, 0.15) is 5.01 Å². The number of aryl methyl sites for hydroxylation is 1. The fourth-order valence-electron chi connectivity index (χ4n) is 4.82. The second-order valence-electron chi connectivity index (χ2n) is 9.19. The summed E-state index contributed by atoms with van der Waals surface area (Å²) in [6.07, 6.45) is 5.22. The molecule has 2 aromatic carbocycles. The van der Waals surface area contributed by atoms with Gasteiger partial charge in [-0.05, 0) is 43.5 Å². The number of thiazole rings is 1. The Balaban J connectivity index is 1.38. The molecule has 7 nitrogen and oxygen atoms in total. The smallest absolute Gasteiger partial charge is 0.257 e. The SMILES string of the molecule is CC1CCc2ccccc2N1c1ncc(C(=O)NCc2nccs2)cc1NC(=O)c1csc2ccccc12. The van der Waals surface area contributed by atoms with Crippen molar-refractivity contribution in [1.29, 1.82) is 0 Å². The number of pyridine rings is 1. The quantitative estimate of drug-likeness (QED) is 0.260. The molecular formula is C29H25N5O2S2. The van der Waals surface area contributed by atoms with Crippen molar-refractivity contribution in [3.63, 3.8) is 0 Å². The molecule has 9 heteroatoms. The lowest BCUT2D eigenvalue weighted by molar-refractivity contribution is 0.0949. The first-order valence-corrected chi connectivity index (χ1v) is 14.2. The maximum atomic E-state index is 13.6. The van der Waals surface area contributed by atoms with Crippen molar-refractivity contribution in [3.05, 3.63) is 99.4 Å². The third kappa shape index (κ3) is 4.66. The van der Waals surface area contributed by atoms with Crippen molar-refractivity contribution >= 4 is 61.8 Å². The fourth-order valence-corrected chi connectivity index (χ4v) is 6.32. The summed E-state index contributed by atoms with van der Waals surface area (Å²) in [6, 6.07) is 18.0. The molecule has 0 aliphatic carbocycles. The molecule has 0 saturated heterocycles. The number of thiophene rings is 1. The summed E-state index contributed by atoms with van der Waals surface area (Å²) in [5.41, 5.74) is 3.77. The Morgan fingerprint density at radius 3 is 2.76 bits per heavy atom. The number of nitrogens with one attached hydrogen (secondary N) is 2. The van der Waals surface area contributed by atoms with E-state index in [0.29, 0.717) is 29.2 Å². The van der Waals surface area contributed by atoms with Crippen LogP contribution in [0.5, 0.6) is 0 Å². The van der Waals surface area contributed by atoms with Crippen LogP contribution in [-0.2, 0) is 13.0 Å². The van der Waals surface area contributed by atoms with E-state index in [2.05, 4.69) is 39.6 Å². The monoisotopic (exact) mass is 539 g/mol. The first-order chi connectivity index (χ1) is 18.6. The molecule has 0 bridgehead atoms. The normalized spacial score (nSPS) is 14.8. The summed E-state index contributed by atoms with van der Waals surface area (Å²) in [5.74, 6) is 0.112. The molecule has 4 heterocycles. The summed E-state index contributed by atoms with van der Waals surface area (Å²) >= 11 is 3.02. The molecule has 5 aromatic rings. The van der Waals surface area contributed by atoms with Crippen LogP contribution in [0.15, 0.2) is 77.8 Å². The van der Waals surface area contributed by atoms with Gasteiger partial charge in [0, 0.05) is 45.0 Å². The largest absolute Gasteiger partial charge is 0.345 e. The Morgan fingerprint density at radius 2 is 1.89 bits per heavy atom. The molecule has 38 heavy (non-hydrogen) atoms. The van der Waals surface area contributed by atoms with Crippen LogP contribution in [0.3, 0.4) is 0 Å². The van der Waals surface area contributed by atoms with E-state index in [4.69, 9.17) is 4.98 Å². The minimum Gasteiger partial charge on any atom is -0.345 e. The molecule has 6 rings (SSSR count). The average Bonchev–Trinajstić information content (AvgIpc) is 3.62. The van der Waals surface area contributed by atoms with Crippen LogP contribution in [0.25, 0.3) is 10.1 Å². The number of nitrogens with zero attached hydrogens (tertiary/aromatic N) is 3. The van der Waals surface area contributed by atoms with E-state index in [1.807, 2.05) is 47.2 Å². The van der Waals surface area contributed by atoms with Gasteiger partial charge >= 0.3 is 0 Å². The topological polar surface area (TPSA) is 87.2 Å². The van der Waals surface area contributed by atoms with Crippen LogP contribution in [-0.4, -0.2) is 27.8 Å². The average molecular weight is 540 g/mol. The lowest BCUT2D eigenvalue weighted by atomic mass is 9.96. The second kappa shape index (κ2) is 10.4. The molecule has 1 atom stereocenters. The Kier molecular flexibility index (Phi) is 6.61. The van der Waals surface area contributed by atoms with Crippen molar-refractivity contribution in [1.82, 2.24) is 15.3 Å². The number of anilines is 3. The Bertz CT molecular complexity index is 1630. The zero-order valence-corrected chi connectivity index (χ0v) is 22.3. The summed E-state index contributed by atoms with van der Waals surface area (Å²) in [7, 11) is 0. The summed E-state index contributed by atoms with van der Waals surface area (Å²) in [5, 5.41) is 11.5. The number of aromatic nitrogens is 2. The predicted octanol–water partition coefficient (Wildman–Crippen LogP) is 6.41. The highest BCUT2D eigenvalue weighted by molar-refractivity contribution is 7.17. The highest BCUT2D eigenvalue weighted by atomic mass is 32.1. The number of fused-ring (bicyclic) bond motifs is 2. The first-order valence-electron chi connectivity index (χ1n) is 12.4. The van der Waals surface area contributed by atoms with Crippen LogP contribution < -0.4 is 15.5 Å². The van der Waals surface area contributed by atoms with Crippen molar-refractivity contribution in [2.75, 3.05) is 10.2 Å². The van der Waals surface area contributed by atoms with Gasteiger partial charge in [-0.25, -0.2) is 9.97 Å². The molecule has 190 valence electrons. The van der Waals surface area contributed by atoms with Gasteiger partial charge < -0.3 is 15.5 Å². The van der Waals surface area contributed by atoms with E-state index in [-0.39, 0.29) is 17.9 Å². The number of hydrogen-bond donors (Lipinski definition) is 2. The van der Waals surface area contributed by atoms with Gasteiger partial charge in [-0.3, -0.25) is 9.59 Å². The Morgan fingerprint density at radius 1 is 1.05 bits per heavy atom. The van der Waals surface area contributed by atoms with Crippen LogP contribution in [0.4, 0.5) is 17.2 Å². The summed E-state index contributed by atoms with van der Waals surface area (Å²) in [4.78, 5) is 37.7. The number of hydrogen-bond acceptors (Lipinski definition) is 7. The van der Waals surface area contributed by atoms with Crippen molar-refractivity contribution in [2.24, 2.45) is 0 Å². The number of amides is 2. The molecule has 1 aliphatic heterocycles. The Hall–Kier alpha value is -4.08. The highest BCUT2D eigenvalue weighted by Crippen LogP contribution is 2.39. The number of benzene rings is 2. The maximum Gasteiger partial charge on any atom is 0.257 e. The Labute approximate surface area is 228 Å². The first kappa shape index (κ1) is 24.3. The lowest BCUT2D eigenvalue weighted by Gasteiger charge is -2.37. The second-order valence-corrected chi connectivity index (χ2v) is 11.1. The predicted molar refractivity (Wildman–Crippen MR) is 154 cm³/mol. The van der Waals surface area contributed by atoms with E-state index in [9.17, 15) is 9.59 Å². The molecular weight excluding hydrogens is 514 g/mol. The number of rotatable bonds is 6. The van der Waals surface area contributed by atoms with Gasteiger partial charge in [-0.2, -0.15) is 0 Å². The lowest BCUT2D eigenvalue weighted by Crippen LogP contribution is -2.35. The molecule has 3 aromatic heterocycles. The molecule has 0 saturated carbocycles. The van der Waals surface area contributed by atoms with Crippen molar-refractivity contribution in [3.8, 4) is 0 Å². The molecule has 1 aliphatic rings. The van der Waals surface area contributed by atoms with Crippen LogP contribution in [0.2, 0.25) is 0 Å². The van der Waals surface area contributed by atoms with Crippen LogP contribution in [0.1, 0.15) is 44.6 Å². The molecule has 2 amide bonds. The third-order valence-corrected chi connectivity index (χ3v) is 8.48. The van der Waals surface area contributed by atoms with Crippen molar-refractivity contribution in [2.45, 2.75) is 32.4 Å². The van der Waals surface area contributed by atoms with E-state index in [1.54, 1.807) is 18.5 Å². The summed E-state index contributed by atoms with van der Waals surface area (Å²) in [6.45, 7) is 2.49. The zero-order chi connectivity index (χ0) is 26.1. The number of carbonyl (C=O) groups is 2. The van der Waals surface area contributed by atoms with Crippen molar-refractivity contribution < 1.29 is 9.59 Å². The fraction of sp³-hybridized carbons (Fsp3) is 0.172. The van der Waals surface area contributed by atoms with E-state index >= 15 is 0 Å².